The van der Waals surface area contributed by atoms with Crippen molar-refractivity contribution in [2.75, 3.05) is 26.7 Å². The van der Waals surface area contributed by atoms with E-state index in [1.807, 2.05) is 0 Å². The summed E-state index contributed by atoms with van der Waals surface area (Å²) in [5.41, 5.74) is 0. The molecule has 0 aromatic carbocycles. The van der Waals surface area contributed by atoms with Crippen LogP contribution in [-0.2, 0) is 0 Å². The molecule has 2 saturated heterocycles. The van der Waals surface area contributed by atoms with E-state index in [1.165, 1.54) is 38.9 Å². The van der Waals surface area contributed by atoms with Gasteiger partial charge in [-0.1, -0.05) is 6.42 Å². The lowest BCUT2D eigenvalue weighted by Crippen LogP contribution is -2.36. The standard InChI is InChI=1S/C9H18N2/c1-11-7-8-3-2-4-9(11)6-10-5-8/h8-10H,2-7H2,1H3/t8-,9+/m1/s1. The minimum Gasteiger partial charge on any atom is -0.315 e. The summed E-state index contributed by atoms with van der Waals surface area (Å²) in [5.74, 6) is 0.924. The number of hydrogen-bond donors (Lipinski definition) is 1. The van der Waals surface area contributed by atoms with Crippen molar-refractivity contribution in [3.05, 3.63) is 0 Å². The molecule has 1 N–H and O–H groups in total. The van der Waals surface area contributed by atoms with E-state index in [0.29, 0.717) is 0 Å². The molecule has 0 unspecified atom stereocenters. The second kappa shape index (κ2) is 3.11. The normalized spacial score (nSPS) is 40.1. The predicted octanol–water partition coefficient (Wildman–Crippen LogP) is 0.690. The van der Waals surface area contributed by atoms with E-state index >= 15 is 0 Å². The van der Waals surface area contributed by atoms with Gasteiger partial charge in [-0.2, -0.15) is 0 Å². The first kappa shape index (κ1) is 7.56. The van der Waals surface area contributed by atoms with E-state index in [9.17, 15) is 0 Å². The lowest BCUT2D eigenvalue weighted by atomic mass is 10.0. The highest BCUT2D eigenvalue weighted by atomic mass is 15.2. The third-order valence-electron chi connectivity index (χ3n) is 3.13. The third kappa shape index (κ3) is 1.57. The fraction of sp³-hybridized carbons (Fsp3) is 1.00. The molecule has 0 radical (unpaired) electrons. The van der Waals surface area contributed by atoms with Gasteiger partial charge in [0.05, 0.1) is 0 Å². The smallest absolute Gasteiger partial charge is 0.0217 e. The Kier molecular flexibility index (Phi) is 2.14. The van der Waals surface area contributed by atoms with Crippen molar-refractivity contribution in [3.8, 4) is 0 Å². The van der Waals surface area contributed by atoms with Crippen LogP contribution in [0.25, 0.3) is 0 Å². The van der Waals surface area contributed by atoms with E-state index in [1.54, 1.807) is 0 Å². The zero-order valence-electron chi connectivity index (χ0n) is 7.34. The Hall–Kier alpha value is -0.0800. The van der Waals surface area contributed by atoms with E-state index in [0.717, 1.165) is 12.0 Å². The van der Waals surface area contributed by atoms with Crippen molar-refractivity contribution in [1.82, 2.24) is 10.2 Å². The van der Waals surface area contributed by atoms with Gasteiger partial charge < -0.3 is 10.2 Å². The van der Waals surface area contributed by atoms with Crippen molar-refractivity contribution in [3.63, 3.8) is 0 Å². The molecule has 2 bridgehead atoms. The molecule has 2 heterocycles. The maximum absolute atomic E-state index is 3.54. The van der Waals surface area contributed by atoms with Crippen molar-refractivity contribution in [1.29, 1.82) is 0 Å². The molecule has 0 saturated carbocycles. The van der Waals surface area contributed by atoms with Gasteiger partial charge in [0, 0.05) is 19.1 Å². The highest BCUT2D eigenvalue weighted by molar-refractivity contribution is 4.83. The lowest BCUT2D eigenvalue weighted by Gasteiger charge is -2.23. The maximum Gasteiger partial charge on any atom is 0.0217 e. The van der Waals surface area contributed by atoms with Gasteiger partial charge in [0.15, 0.2) is 0 Å². The van der Waals surface area contributed by atoms with Crippen LogP contribution in [0.4, 0.5) is 0 Å². The Balaban J connectivity index is 2.08. The van der Waals surface area contributed by atoms with Crippen LogP contribution in [0, 0.1) is 5.92 Å². The summed E-state index contributed by atoms with van der Waals surface area (Å²) in [6.45, 7) is 3.78. The van der Waals surface area contributed by atoms with Crippen LogP contribution >= 0.6 is 0 Å². The van der Waals surface area contributed by atoms with Gasteiger partial charge >= 0.3 is 0 Å². The molecular formula is C9H18N2. The number of hydrogen-bond acceptors (Lipinski definition) is 2. The summed E-state index contributed by atoms with van der Waals surface area (Å²) < 4.78 is 0. The van der Waals surface area contributed by atoms with Crippen molar-refractivity contribution < 1.29 is 0 Å². The number of nitrogens with one attached hydrogen (secondary N) is 1. The summed E-state index contributed by atoms with van der Waals surface area (Å²) in [4.78, 5) is 2.54. The molecule has 11 heavy (non-hydrogen) atoms. The van der Waals surface area contributed by atoms with E-state index in [-0.39, 0.29) is 0 Å². The van der Waals surface area contributed by atoms with E-state index in [4.69, 9.17) is 0 Å². The molecule has 2 nitrogen and oxygen atoms in total. The van der Waals surface area contributed by atoms with Crippen LogP contribution in [0.3, 0.4) is 0 Å². The highest BCUT2D eigenvalue weighted by Gasteiger charge is 2.25. The molecule has 0 aromatic heterocycles. The van der Waals surface area contributed by atoms with Crippen LogP contribution < -0.4 is 5.32 Å². The second-order valence-electron chi connectivity index (χ2n) is 4.05. The van der Waals surface area contributed by atoms with Gasteiger partial charge in [-0.15, -0.1) is 0 Å². The van der Waals surface area contributed by atoms with Gasteiger partial charge in [0.2, 0.25) is 0 Å². The molecule has 2 aliphatic rings. The van der Waals surface area contributed by atoms with Gasteiger partial charge in [0.1, 0.15) is 0 Å². The monoisotopic (exact) mass is 154 g/mol. The first-order valence-electron chi connectivity index (χ1n) is 4.77. The molecule has 0 aromatic rings. The van der Waals surface area contributed by atoms with E-state index in [2.05, 4.69) is 17.3 Å². The first-order chi connectivity index (χ1) is 5.36. The fourth-order valence-corrected chi connectivity index (χ4v) is 2.39. The SMILES string of the molecule is CN1C[C@@H]2CCC[C@H]1CNC2. The summed E-state index contributed by atoms with van der Waals surface area (Å²) in [7, 11) is 2.27. The number of fused-ring (bicyclic) bond motifs is 3. The summed E-state index contributed by atoms with van der Waals surface area (Å²) in [6, 6.07) is 0.822. The fourth-order valence-electron chi connectivity index (χ4n) is 2.39. The molecule has 2 aliphatic heterocycles. The second-order valence-corrected chi connectivity index (χ2v) is 4.05. The zero-order chi connectivity index (χ0) is 7.68. The zero-order valence-corrected chi connectivity index (χ0v) is 7.34. The number of rotatable bonds is 0. The number of likely N-dealkylation sites (N-methyl/N-ethyl adjacent to an activating group) is 1. The molecule has 0 spiro atoms. The molecule has 0 aliphatic carbocycles. The predicted molar refractivity (Wildman–Crippen MR) is 46.6 cm³/mol. The van der Waals surface area contributed by atoms with Crippen LogP contribution in [0.5, 0.6) is 0 Å². The molecule has 64 valence electrons. The van der Waals surface area contributed by atoms with Crippen LogP contribution in [0.15, 0.2) is 0 Å². The van der Waals surface area contributed by atoms with E-state index < -0.39 is 0 Å². The van der Waals surface area contributed by atoms with Gasteiger partial charge in [0.25, 0.3) is 0 Å². The molecule has 2 fully saturated rings. The topological polar surface area (TPSA) is 15.3 Å². The Morgan fingerprint density at radius 3 is 3.09 bits per heavy atom. The third-order valence-corrected chi connectivity index (χ3v) is 3.13. The van der Waals surface area contributed by atoms with Crippen molar-refractivity contribution in [2.24, 2.45) is 5.92 Å². The Morgan fingerprint density at radius 1 is 1.27 bits per heavy atom. The van der Waals surface area contributed by atoms with Crippen molar-refractivity contribution >= 4 is 0 Å². The van der Waals surface area contributed by atoms with Gasteiger partial charge in [-0.05, 0) is 32.4 Å². The molecule has 2 heteroatoms. The largest absolute Gasteiger partial charge is 0.315 e. The van der Waals surface area contributed by atoms with Crippen LogP contribution in [-0.4, -0.2) is 37.6 Å². The lowest BCUT2D eigenvalue weighted by molar-refractivity contribution is 0.247. The Labute approximate surface area is 69.0 Å². The van der Waals surface area contributed by atoms with Crippen LogP contribution in [0.2, 0.25) is 0 Å². The summed E-state index contributed by atoms with van der Waals surface area (Å²) in [6.07, 6.45) is 4.29. The quantitative estimate of drug-likeness (QED) is 0.552. The average molecular weight is 154 g/mol. The molecule has 2 atom stereocenters. The Bertz CT molecular complexity index is 126. The summed E-state index contributed by atoms with van der Waals surface area (Å²) in [5, 5.41) is 3.54. The number of nitrogens with zero attached hydrogens (tertiary/aromatic N) is 1. The maximum atomic E-state index is 3.54. The highest BCUT2D eigenvalue weighted by Crippen LogP contribution is 2.21. The molecular weight excluding hydrogens is 136 g/mol. The minimum absolute atomic E-state index is 0.822. The summed E-state index contributed by atoms with van der Waals surface area (Å²) >= 11 is 0. The molecule has 0 amide bonds. The van der Waals surface area contributed by atoms with Gasteiger partial charge in [-0.25, -0.2) is 0 Å². The minimum atomic E-state index is 0.822. The van der Waals surface area contributed by atoms with Gasteiger partial charge in [-0.3, -0.25) is 0 Å². The first-order valence-corrected chi connectivity index (χ1v) is 4.77. The molecule has 2 rings (SSSR count). The van der Waals surface area contributed by atoms with Crippen molar-refractivity contribution in [2.45, 2.75) is 25.3 Å². The average Bonchev–Trinajstić information content (AvgIpc) is 2.16. The van der Waals surface area contributed by atoms with Crippen LogP contribution in [0.1, 0.15) is 19.3 Å². The Morgan fingerprint density at radius 2 is 2.18 bits per heavy atom.